The predicted molar refractivity (Wildman–Crippen MR) is 83.5 cm³/mol. The molecule has 110 valence electrons. The summed E-state index contributed by atoms with van der Waals surface area (Å²) in [7, 11) is 0. The van der Waals surface area contributed by atoms with E-state index in [1.54, 1.807) is 12.1 Å². The molecule has 0 bridgehead atoms. The monoisotopic (exact) mass is 285 g/mol. The Bertz CT molecular complexity index is 654. The molecule has 21 heavy (non-hydrogen) atoms. The largest absolute Gasteiger partial charge is 0.491 e. The number of carbonyl (C=O) groups excluding carboxylic acids is 1. The van der Waals surface area contributed by atoms with Crippen LogP contribution in [0.3, 0.4) is 0 Å². The summed E-state index contributed by atoms with van der Waals surface area (Å²) in [6.07, 6.45) is 1.65. The Labute approximate surface area is 124 Å². The van der Waals surface area contributed by atoms with Crippen molar-refractivity contribution in [2.75, 3.05) is 11.1 Å². The van der Waals surface area contributed by atoms with Crippen LogP contribution in [0, 0.1) is 6.92 Å². The van der Waals surface area contributed by atoms with E-state index < -0.39 is 0 Å². The van der Waals surface area contributed by atoms with E-state index in [9.17, 15) is 4.79 Å². The van der Waals surface area contributed by atoms with Gasteiger partial charge in [-0.25, -0.2) is 4.98 Å². The van der Waals surface area contributed by atoms with Gasteiger partial charge in [-0.3, -0.25) is 4.79 Å². The van der Waals surface area contributed by atoms with Gasteiger partial charge in [0.15, 0.2) is 5.69 Å². The van der Waals surface area contributed by atoms with Gasteiger partial charge < -0.3 is 15.8 Å². The first-order chi connectivity index (χ1) is 9.97. The molecule has 2 aromatic rings. The van der Waals surface area contributed by atoms with Crippen LogP contribution in [0.4, 0.5) is 11.4 Å². The van der Waals surface area contributed by atoms with Crippen LogP contribution in [0.2, 0.25) is 0 Å². The number of nitrogens with two attached hydrogens (primary N) is 1. The van der Waals surface area contributed by atoms with Crippen molar-refractivity contribution in [3.05, 3.63) is 47.8 Å². The molecule has 0 saturated heterocycles. The molecule has 1 aromatic carbocycles. The standard InChI is InChI=1S/C16H19N3O2/c1-10(2)21-12-6-7-14(11(3)9-12)19-16(20)15-13(17)5-4-8-18-15/h4-10H,17H2,1-3H3,(H,19,20). The van der Waals surface area contributed by atoms with Gasteiger partial charge in [-0.2, -0.15) is 0 Å². The van der Waals surface area contributed by atoms with Crippen LogP contribution in [0.5, 0.6) is 5.75 Å². The molecular weight excluding hydrogens is 266 g/mol. The van der Waals surface area contributed by atoms with Crippen molar-refractivity contribution in [3.63, 3.8) is 0 Å². The molecule has 1 aromatic heterocycles. The third-order valence-electron chi connectivity index (χ3n) is 2.87. The Hall–Kier alpha value is -2.56. The van der Waals surface area contributed by atoms with Gasteiger partial charge in [-0.05, 0) is 56.7 Å². The number of nitrogens with one attached hydrogen (secondary N) is 1. The van der Waals surface area contributed by atoms with Crippen LogP contribution in [0.1, 0.15) is 29.9 Å². The first-order valence-corrected chi connectivity index (χ1v) is 6.76. The van der Waals surface area contributed by atoms with E-state index in [-0.39, 0.29) is 17.7 Å². The minimum absolute atomic E-state index is 0.109. The lowest BCUT2D eigenvalue weighted by Gasteiger charge is -2.13. The van der Waals surface area contributed by atoms with E-state index in [4.69, 9.17) is 10.5 Å². The zero-order chi connectivity index (χ0) is 15.4. The van der Waals surface area contributed by atoms with Gasteiger partial charge in [0.1, 0.15) is 5.75 Å². The van der Waals surface area contributed by atoms with E-state index >= 15 is 0 Å². The summed E-state index contributed by atoms with van der Waals surface area (Å²) in [6.45, 7) is 5.84. The number of anilines is 2. The van der Waals surface area contributed by atoms with Crippen LogP contribution in [-0.4, -0.2) is 17.0 Å². The summed E-state index contributed by atoms with van der Waals surface area (Å²) in [5, 5.41) is 2.81. The number of nitrogens with zero attached hydrogens (tertiary/aromatic N) is 1. The SMILES string of the molecule is Cc1cc(OC(C)C)ccc1NC(=O)c1ncccc1N. The molecular formula is C16H19N3O2. The quantitative estimate of drug-likeness (QED) is 0.905. The molecule has 0 aliphatic rings. The van der Waals surface area contributed by atoms with Crippen molar-refractivity contribution in [1.29, 1.82) is 0 Å². The second-order valence-corrected chi connectivity index (χ2v) is 5.04. The second-order valence-electron chi connectivity index (χ2n) is 5.04. The molecule has 0 spiro atoms. The first kappa shape index (κ1) is 14.8. The van der Waals surface area contributed by atoms with E-state index in [0.717, 1.165) is 11.3 Å². The number of aromatic nitrogens is 1. The van der Waals surface area contributed by atoms with Gasteiger partial charge in [0, 0.05) is 11.9 Å². The van der Waals surface area contributed by atoms with Crippen molar-refractivity contribution in [1.82, 2.24) is 4.98 Å². The number of amides is 1. The smallest absolute Gasteiger partial charge is 0.276 e. The highest BCUT2D eigenvalue weighted by Gasteiger charge is 2.12. The summed E-state index contributed by atoms with van der Waals surface area (Å²) >= 11 is 0. The number of carbonyl (C=O) groups is 1. The number of hydrogen-bond acceptors (Lipinski definition) is 4. The highest BCUT2D eigenvalue weighted by molar-refractivity contribution is 6.06. The van der Waals surface area contributed by atoms with Gasteiger partial charge >= 0.3 is 0 Å². The molecule has 5 heteroatoms. The lowest BCUT2D eigenvalue weighted by Crippen LogP contribution is -2.16. The summed E-state index contributed by atoms with van der Waals surface area (Å²) in [4.78, 5) is 16.2. The Morgan fingerprint density at radius 1 is 1.33 bits per heavy atom. The minimum Gasteiger partial charge on any atom is -0.491 e. The van der Waals surface area contributed by atoms with Gasteiger partial charge in [0.25, 0.3) is 5.91 Å². The van der Waals surface area contributed by atoms with Crippen molar-refractivity contribution in [3.8, 4) is 5.75 Å². The summed E-state index contributed by atoms with van der Waals surface area (Å²) in [5.41, 5.74) is 7.95. The third-order valence-corrected chi connectivity index (χ3v) is 2.87. The average Bonchev–Trinajstić information content (AvgIpc) is 2.41. The Balaban J connectivity index is 2.17. The molecule has 1 amide bonds. The first-order valence-electron chi connectivity index (χ1n) is 6.76. The van der Waals surface area contributed by atoms with Gasteiger partial charge in [-0.1, -0.05) is 0 Å². The maximum atomic E-state index is 12.2. The van der Waals surface area contributed by atoms with Crippen LogP contribution >= 0.6 is 0 Å². The molecule has 2 rings (SSSR count). The summed E-state index contributed by atoms with van der Waals surface area (Å²) in [6, 6.07) is 8.86. The highest BCUT2D eigenvalue weighted by Crippen LogP contribution is 2.23. The molecule has 3 N–H and O–H groups in total. The molecule has 0 atom stereocenters. The average molecular weight is 285 g/mol. The number of rotatable bonds is 4. The van der Waals surface area contributed by atoms with Crippen molar-refractivity contribution in [2.45, 2.75) is 26.9 Å². The normalized spacial score (nSPS) is 10.5. The zero-order valence-electron chi connectivity index (χ0n) is 12.4. The Morgan fingerprint density at radius 2 is 2.10 bits per heavy atom. The van der Waals surface area contributed by atoms with Crippen LogP contribution in [0.25, 0.3) is 0 Å². The highest BCUT2D eigenvalue weighted by atomic mass is 16.5. The number of hydrogen-bond donors (Lipinski definition) is 2. The Kier molecular flexibility index (Phi) is 4.42. The molecule has 0 aliphatic carbocycles. The fourth-order valence-corrected chi connectivity index (χ4v) is 1.91. The van der Waals surface area contributed by atoms with Crippen LogP contribution < -0.4 is 15.8 Å². The number of benzene rings is 1. The molecule has 1 heterocycles. The lowest BCUT2D eigenvalue weighted by molar-refractivity contribution is 0.102. The summed E-state index contributed by atoms with van der Waals surface area (Å²) in [5.74, 6) is 0.451. The Morgan fingerprint density at radius 3 is 2.71 bits per heavy atom. The third kappa shape index (κ3) is 3.72. The second kappa shape index (κ2) is 6.26. The fourth-order valence-electron chi connectivity index (χ4n) is 1.91. The van der Waals surface area contributed by atoms with E-state index in [0.29, 0.717) is 11.4 Å². The lowest BCUT2D eigenvalue weighted by atomic mass is 10.2. The van der Waals surface area contributed by atoms with Gasteiger partial charge in [0.05, 0.1) is 11.8 Å². The molecule has 0 fully saturated rings. The zero-order valence-corrected chi connectivity index (χ0v) is 12.4. The van der Waals surface area contributed by atoms with E-state index in [2.05, 4.69) is 10.3 Å². The number of pyridine rings is 1. The number of ether oxygens (including phenoxy) is 1. The minimum atomic E-state index is -0.325. The predicted octanol–water partition coefficient (Wildman–Crippen LogP) is 3.01. The van der Waals surface area contributed by atoms with E-state index in [1.165, 1.54) is 6.20 Å². The topological polar surface area (TPSA) is 77.2 Å². The van der Waals surface area contributed by atoms with Gasteiger partial charge in [0.2, 0.25) is 0 Å². The maximum absolute atomic E-state index is 12.2. The number of aryl methyl sites for hydroxylation is 1. The maximum Gasteiger partial charge on any atom is 0.276 e. The van der Waals surface area contributed by atoms with Crippen molar-refractivity contribution < 1.29 is 9.53 Å². The van der Waals surface area contributed by atoms with Crippen molar-refractivity contribution in [2.24, 2.45) is 0 Å². The van der Waals surface area contributed by atoms with Crippen LogP contribution in [-0.2, 0) is 0 Å². The fraction of sp³-hybridized carbons (Fsp3) is 0.250. The molecule has 0 saturated carbocycles. The molecule has 0 aliphatic heterocycles. The molecule has 0 radical (unpaired) electrons. The summed E-state index contributed by atoms with van der Waals surface area (Å²) < 4.78 is 5.61. The van der Waals surface area contributed by atoms with Crippen molar-refractivity contribution >= 4 is 17.3 Å². The molecule has 5 nitrogen and oxygen atoms in total. The number of nitrogen functional groups attached to an aromatic ring is 1. The van der Waals surface area contributed by atoms with Gasteiger partial charge in [-0.15, -0.1) is 0 Å². The van der Waals surface area contributed by atoms with Crippen LogP contribution in [0.15, 0.2) is 36.5 Å². The molecule has 0 unspecified atom stereocenters. The van der Waals surface area contributed by atoms with E-state index in [1.807, 2.05) is 39.0 Å².